The molecule has 0 bridgehead atoms. The van der Waals surface area contributed by atoms with Crippen molar-refractivity contribution in [2.24, 2.45) is 7.05 Å². The van der Waals surface area contributed by atoms with Gasteiger partial charge in [-0.15, -0.1) is 0 Å². The Kier molecular flexibility index (Phi) is 6.94. The average Bonchev–Trinajstić information content (AvgIpc) is 3.06. The Morgan fingerprint density at radius 1 is 1.03 bits per heavy atom. The molecule has 0 aliphatic rings. The summed E-state index contributed by atoms with van der Waals surface area (Å²) in [6.45, 7) is 1.04. The topological polar surface area (TPSA) is 74.6 Å². The first-order chi connectivity index (χ1) is 14.1. The zero-order chi connectivity index (χ0) is 20.6. The summed E-state index contributed by atoms with van der Waals surface area (Å²) in [5.74, 6) is 3.29. The van der Waals surface area contributed by atoms with Gasteiger partial charge in [-0.05, 0) is 42.8 Å². The van der Waals surface area contributed by atoms with E-state index in [1.807, 2.05) is 54.1 Å². The van der Waals surface area contributed by atoms with E-state index in [4.69, 9.17) is 14.2 Å². The molecule has 1 aromatic heterocycles. The van der Waals surface area contributed by atoms with Gasteiger partial charge in [0.15, 0.2) is 0 Å². The Bertz CT molecular complexity index is 951. The molecule has 3 aromatic rings. The van der Waals surface area contributed by atoms with Crippen LogP contribution in [-0.2, 0) is 18.3 Å². The number of hydrogen-bond acceptors (Lipinski definition) is 5. The molecule has 0 aliphatic heterocycles. The molecular formula is C22H27N3O4. The summed E-state index contributed by atoms with van der Waals surface area (Å²) in [6, 6.07) is 13.2. The van der Waals surface area contributed by atoms with Gasteiger partial charge in [-0.2, -0.15) is 0 Å². The summed E-state index contributed by atoms with van der Waals surface area (Å²) in [7, 11) is 5.25. The Balaban J connectivity index is 1.38. The highest BCUT2D eigenvalue weighted by Crippen LogP contribution is 2.21. The molecule has 0 saturated carbocycles. The molecule has 1 amide bonds. The van der Waals surface area contributed by atoms with Crippen molar-refractivity contribution in [3.8, 4) is 17.2 Å². The number of carbonyl (C=O) groups excluding carboxylic acids is 1. The highest BCUT2D eigenvalue weighted by atomic mass is 16.5. The maximum absolute atomic E-state index is 12.0. The Labute approximate surface area is 170 Å². The summed E-state index contributed by atoms with van der Waals surface area (Å²) in [5.41, 5.74) is 1.94. The van der Waals surface area contributed by atoms with Crippen LogP contribution in [0.1, 0.15) is 18.7 Å². The predicted octanol–water partition coefficient (Wildman–Crippen LogP) is 3.11. The third kappa shape index (κ3) is 5.40. The molecule has 3 rings (SSSR count). The van der Waals surface area contributed by atoms with Crippen LogP contribution in [0.2, 0.25) is 0 Å². The van der Waals surface area contributed by atoms with Crippen molar-refractivity contribution in [3.63, 3.8) is 0 Å². The molecule has 0 spiro atoms. The molecule has 7 heteroatoms. The van der Waals surface area contributed by atoms with Gasteiger partial charge in [-0.25, -0.2) is 4.98 Å². The Morgan fingerprint density at radius 3 is 2.45 bits per heavy atom. The van der Waals surface area contributed by atoms with Gasteiger partial charge in [0.25, 0.3) is 0 Å². The number of ether oxygens (including phenoxy) is 3. The molecule has 1 heterocycles. The normalized spacial score (nSPS) is 10.7. The minimum Gasteiger partial charge on any atom is -0.497 e. The molecule has 0 atom stereocenters. The van der Waals surface area contributed by atoms with Gasteiger partial charge in [0.2, 0.25) is 5.91 Å². The van der Waals surface area contributed by atoms with Crippen LogP contribution in [0, 0.1) is 0 Å². The maximum atomic E-state index is 12.0. The molecule has 0 unspecified atom stereocenters. The molecule has 7 nitrogen and oxygen atoms in total. The zero-order valence-electron chi connectivity index (χ0n) is 17.1. The van der Waals surface area contributed by atoms with E-state index in [9.17, 15) is 4.79 Å². The zero-order valence-corrected chi connectivity index (χ0v) is 17.1. The molecular weight excluding hydrogens is 370 g/mol. The van der Waals surface area contributed by atoms with Crippen molar-refractivity contribution in [2.45, 2.75) is 19.3 Å². The molecule has 154 valence electrons. The van der Waals surface area contributed by atoms with Crippen LogP contribution in [0.3, 0.4) is 0 Å². The van der Waals surface area contributed by atoms with Gasteiger partial charge < -0.3 is 24.1 Å². The molecule has 0 saturated heterocycles. The van der Waals surface area contributed by atoms with Crippen molar-refractivity contribution in [1.29, 1.82) is 0 Å². The van der Waals surface area contributed by atoms with E-state index >= 15 is 0 Å². The number of imidazole rings is 1. The number of nitrogens with zero attached hydrogens (tertiary/aromatic N) is 2. The number of hydrogen-bond donors (Lipinski definition) is 1. The summed E-state index contributed by atoms with van der Waals surface area (Å²) in [4.78, 5) is 16.7. The van der Waals surface area contributed by atoms with Gasteiger partial charge in [-0.1, -0.05) is 0 Å². The van der Waals surface area contributed by atoms with Crippen molar-refractivity contribution in [2.75, 3.05) is 27.4 Å². The lowest BCUT2D eigenvalue weighted by Crippen LogP contribution is -2.26. The van der Waals surface area contributed by atoms with Crippen LogP contribution in [0.4, 0.5) is 0 Å². The highest BCUT2D eigenvalue weighted by Gasteiger charge is 2.09. The number of aromatic nitrogens is 2. The number of amides is 1. The average molecular weight is 397 g/mol. The smallest absolute Gasteiger partial charge is 0.220 e. The number of aryl methyl sites for hydroxylation is 1. The van der Waals surface area contributed by atoms with Gasteiger partial charge in [0, 0.05) is 32.5 Å². The second-order valence-corrected chi connectivity index (χ2v) is 6.67. The lowest BCUT2D eigenvalue weighted by Gasteiger charge is -2.08. The van der Waals surface area contributed by atoms with E-state index in [0.29, 0.717) is 32.4 Å². The van der Waals surface area contributed by atoms with Gasteiger partial charge in [-0.3, -0.25) is 4.79 Å². The van der Waals surface area contributed by atoms with Crippen molar-refractivity contribution >= 4 is 16.9 Å². The highest BCUT2D eigenvalue weighted by molar-refractivity contribution is 5.78. The molecule has 0 aliphatic carbocycles. The predicted molar refractivity (Wildman–Crippen MR) is 112 cm³/mol. The third-order valence-corrected chi connectivity index (χ3v) is 4.73. The minimum absolute atomic E-state index is 0.0174. The van der Waals surface area contributed by atoms with Crippen molar-refractivity contribution in [3.05, 3.63) is 48.3 Å². The second kappa shape index (κ2) is 9.82. The summed E-state index contributed by atoms with van der Waals surface area (Å²) < 4.78 is 18.0. The van der Waals surface area contributed by atoms with Crippen LogP contribution in [0.25, 0.3) is 11.0 Å². The van der Waals surface area contributed by atoms with Crippen LogP contribution < -0.4 is 19.5 Å². The Morgan fingerprint density at radius 2 is 1.72 bits per heavy atom. The lowest BCUT2D eigenvalue weighted by molar-refractivity contribution is -0.121. The molecule has 0 radical (unpaired) electrons. The number of methoxy groups -OCH3 is 2. The number of carbonyl (C=O) groups is 1. The quantitative estimate of drug-likeness (QED) is 0.532. The fourth-order valence-electron chi connectivity index (χ4n) is 3.08. The van der Waals surface area contributed by atoms with Crippen molar-refractivity contribution < 1.29 is 19.0 Å². The van der Waals surface area contributed by atoms with E-state index in [0.717, 1.165) is 34.1 Å². The standard InChI is InChI=1S/C22H27N3O4/c1-25-20-11-10-18(28-3)15-19(20)24-21(25)12-13-23-22(26)5-4-14-29-17-8-6-16(27-2)7-9-17/h6-11,15H,4-5,12-14H2,1-3H3,(H,23,26). The first-order valence-electron chi connectivity index (χ1n) is 9.63. The third-order valence-electron chi connectivity index (χ3n) is 4.73. The van der Waals surface area contributed by atoms with Crippen molar-refractivity contribution in [1.82, 2.24) is 14.9 Å². The van der Waals surface area contributed by atoms with E-state index in [-0.39, 0.29) is 5.91 Å². The minimum atomic E-state index is 0.0174. The molecule has 2 aromatic carbocycles. The van der Waals surface area contributed by atoms with Crippen LogP contribution in [0.5, 0.6) is 17.2 Å². The molecule has 29 heavy (non-hydrogen) atoms. The Hall–Kier alpha value is -3.22. The summed E-state index contributed by atoms with van der Waals surface area (Å²) in [5, 5.41) is 2.95. The first-order valence-corrected chi connectivity index (χ1v) is 9.63. The monoisotopic (exact) mass is 397 g/mol. The fraction of sp³-hybridized carbons (Fsp3) is 0.364. The summed E-state index contributed by atoms with van der Waals surface area (Å²) >= 11 is 0. The van der Waals surface area contributed by atoms with E-state index in [2.05, 4.69) is 10.3 Å². The fourth-order valence-corrected chi connectivity index (χ4v) is 3.08. The van der Waals surface area contributed by atoms with Crippen LogP contribution >= 0.6 is 0 Å². The summed E-state index contributed by atoms with van der Waals surface area (Å²) in [6.07, 6.45) is 1.75. The number of fused-ring (bicyclic) bond motifs is 1. The van der Waals surface area contributed by atoms with Crippen LogP contribution in [0.15, 0.2) is 42.5 Å². The largest absolute Gasteiger partial charge is 0.497 e. The molecule has 1 N–H and O–H groups in total. The van der Waals surface area contributed by atoms with E-state index in [1.165, 1.54) is 0 Å². The van der Waals surface area contributed by atoms with E-state index < -0.39 is 0 Å². The second-order valence-electron chi connectivity index (χ2n) is 6.67. The van der Waals surface area contributed by atoms with E-state index in [1.54, 1.807) is 14.2 Å². The van der Waals surface area contributed by atoms with Crippen LogP contribution in [-0.4, -0.2) is 42.8 Å². The SMILES string of the molecule is COc1ccc(OCCCC(=O)NCCc2nc3cc(OC)ccc3n2C)cc1. The lowest BCUT2D eigenvalue weighted by atomic mass is 10.3. The maximum Gasteiger partial charge on any atom is 0.220 e. The van der Waals surface area contributed by atoms with Gasteiger partial charge >= 0.3 is 0 Å². The van der Waals surface area contributed by atoms with Gasteiger partial charge in [0.05, 0.1) is 31.9 Å². The number of benzene rings is 2. The molecule has 0 fully saturated rings. The van der Waals surface area contributed by atoms with Gasteiger partial charge in [0.1, 0.15) is 23.1 Å². The number of rotatable bonds is 10. The first kappa shape index (κ1) is 20.5. The number of nitrogens with one attached hydrogen (secondary N) is 1.